The molecule has 2 aromatic rings. The Morgan fingerprint density at radius 2 is 1.61 bits per heavy atom. The summed E-state index contributed by atoms with van der Waals surface area (Å²) in [6.07, 6.45) is 0.591. The van der Waals surface area contributed by atoms with Gasteiger partial charge >= 0.3 is 5.97 Å². The Labute approximate surface area is 166 Å². The molecule has 0 aromatic heterocycles. The molecule has 0 aliphatic rings. The minimum Gasteiger partial charge on any atom is -0.497 e. The molecular formula is C23H28O5. The predicted octanol–water partition coefficient (Wildman–Crippen LogP) is 5.13. The lowest BCUT2D eigenvalue weighted by Crippen LogP contribution is -2.30. The Morgan fingerprint density at radius 3 is 2.11 bits per heavy atom. The SMILES string of the molecule is C=C(C(=O)OC)[C@@H](OOC(CC)(CC)c1ccc(OC)cc1)c1ccccc1. The van der Waals surface area contributed by atoms with E-state index in [2.05, 4.69) is 6.58 Å². The van der Waals surface area contributed by atoms with Gasteiger partial charge in [-0.2, -0.15) is 0 Å². The van der Waals surface area contributed by atoms with E-state index < -0.39 is 17.7 Å². The molecule has 0 aliphatic heterocycles. The summed E-state index contributed by atoms with van der Waals surface area (Å²) in [7, 11) is 2.94. The van der Waals surface area contributed by atoms with Crippen molar-refractivity contribution in [3.63, 3.8) is 0 Å². The molecule has 0 unspecified atom stereocenters. The first kappa shape index (κ1) is 21.7. The zero-order valence-corrected chi connectivity index (χ0v) is 16.9. The maximum absolute atomic E-state index is 12.1. The minimum atomic E-state index is -0.774. The van der Waals surface area contributed by atoms with E-state index in [1.165, 1.54) is 7.11 Å². The molecule has 0 aliphatic carbocycles. The summed E-state index contributed by atoms with van der Waals surface area (Å²) in [5.41, 5.74) is 1.22. The summed E-state index contributed by atoms with van der Waals surface area (Å²) in [5, 5.41) is 0. The average Bonchev–Trinajstić information content (AvgIpc) is 2.77. The maximum Gasteiger partial charge on any atom is 0.336 e. The Balaban J connectivity index is 2.31. The van der Waals surface area contributed by atoms with Crippen molar-refractivity contribution in [2.45, 2.75) is 38.4 Å². The highest BCUT2D eigenvalue weighted by molar-refractivity contribution is 5.89. The van der Waals surface area contributed by atoms with Crippen molar-refractivity contribution >= 4 is 5.97 Å². The highest BCUT2D eigenvalue weighted by Crippen LogP contribution is 2.37. The lowest BCUT2D eigenvalue weighted by atomic mass is 9.88. The van der Waals surface area contributed by atoms with Gasteiger partial charge in [0.2, 0.25) is 0 Å². The van der Waals surface area contributed by atoms with Gasteiger partial charge in [-0.1, -0.05) is 62.9 Å². The lowest BCUT2D eigenvalue weighted by molar-refractivity contribution is -0.388. The molecule has 150 valence electrons. The average molecular weight is 384 g/mol. The van der Waals surface area contributed by atoms with E-state index >= 15 is 0 Å². The number of methoxy groups -OCH3 is 2. The second-order valence-corrected chi connectivity index (χ2v) is 6.42. The van der Waals surface area contributed by atoms with E-state index in [1.807, 2.05) is 68.4 Å². The van der Waals surface area contributed by atoms with Crippen LogP contribution in [0.1, 0.15) is 43.9 Å². The fraction of sp³-hybridized carbons (Fsp3) is 0.348. The van der Waals surface area contributed by atoms with Gasteiger partial charge in [0.05, 0.1) is 19.8 Å². The molecule has 0 saturated carbocycles. The summed E-state index contributed by atoms with van der Waals surface area (Å²) in [6, 6.07) is 17.0. The number of esters is 1. The Morgan fingerprint density at radius 1 is 1.00 bits per heavy atom. The largest absolute Gasteiger partial charge is 0.497 e. The molecule has 5 heteroatoms. The molecule has 2 rings (SSSR count). The third kappa shape index (κ3) is 4.80. The second-order valence-electron chi connectivity index (χ2n) is 6.42. The van der Waals surface area contributed by atoms with Gasteiger partial charge in [0.1, 0.15) is 17.5 Å². The smallest absolute Gasteiger partial charge is 0.336 e. The van der Waals surface area contributed by atoms with Gasteiger partial charge < -0.3 is 9.47 Å². The van der Waals surface area contributed by atoms with Crippen molar-refractivity contribution in [3.05, 3.63) is 77.9 Å². The van der Waals surface area contributed by atoms with Gasteiger partial charge in [0.15, 0.2) is 0 Å². The highest BCUT2D eigenvalue weighted by Gasteiger charge is 2.34. The third-order valence-electron chi connectivity index (χ3n) is 4.93. The van der Waals surface area contributed by atoms with Crippen LogP contribution in [0.4, 0.5) is 0 Å². The molecule has 0 saturated heterocycles. The van der Waals surface area contributed by atoms with Crippen LogP contribution in [-0.2, 0) is 24.9 Å². The zero-order chi connectivity index (χ0) is 20.6. The molecule has 0 spiro atoms. The molecule has 0 N–H and O–H groups in total. The van der Waals surface area contributed by atoms with Crippen molar-refractivity contribution in [2.75, 3.05) is 14.2 Å². The molecule has 5 nitrogen and oxygen atoms in total. The molecule has 0 radical (unpaired) electrons. The number of hydrogen-bond donors (Lipinski definition) is 0. The van der Waals surface area contributed by atoms with E-state index in [1.54, 1.807) is 7.11 Å². The fourth-order valence-electron chi connectivity index (χ4n) is 3.04. The summed E-state index contributed by atoms with van der Waals surface area (Å²) in [4.78, 5) is 23.9. The van der Waals surface area contributed by atoms with E-state index in [4.69, 9.17) is 19.2 Å². The van der Waals surface area contributed by atoms with Crippen LogP contribution in [0.3, 0.4) is 0 Å². The molecule has 1 atom stereocenters. The van der Waals surface area contributed by atoms with Gasteiger partial charge in [0, 0.05) is 0 Å². The number of hydrogen-bond acceptors (Lipinski definition) is 5. The van der Waals surface area contributed by atoms with Gasteiger partial charge in [-0.15, -0.1) is 0 Å². The quantitative estimate of drug-likeness (QED) is 0.246. The number of carbonyl (C=O) groups excluding carboxylic acids is 1. The van der Waals surface area contributed by atoms with Crippen LogP contribution < -0.4 is 4.74 Å². The normalized spacial score (nSPS) is 12.3. The zero-order valence-electron chi connectivity index (χ0n) is 16.9. The molecule has 0 heterocycles. The van der Waals surface area contributed by atoms with Crippen LogP contribution in [0.5, 0.6) is 5.75 Å². The van der Waals surface area contributed by atoms with Crippen LogP contribution >= 0.6 is 0 Å². The van der Waals surface area contributed by atoms with Crippen LogP contribution in [0.25, 0.3) is 0 Å². The number of ether oxygens (including phenoxy) is 2. The standard InChI is InChI=1S/C23H28O5/c1-6-23(7-2,19-13-15-20(25-4)16-14-19)28-27-21(17(3)22(24)26-5)18-11-9-8-10-12-18/h8-16,21H,3,6-7H2,1-2,4-5H3/t21-/m1/s1. The molecule has 2 aromatic carbocycles. The monoisotopic (exact) mass is 384 g/mol. The number of benzene rings is 2. The van der Waals surface area contributed by atoms with Gasteiger partial charge in [-0.05, 0) is 36.1 Å². The van der Waals surface area contributed by atoms with Crippen LogP contribution in [0.15, 0.2) is 66.7 Å². The first-order valence-electron chi connectivity index (χ1n) is 9.32. The summed E-state index contributed by atoms with van der Waals surface area (Å²) in [6.45, 7) is 7.92. The Bertz CT molecular complexity index is 763. The summed E-state index contributed by atoms with van der Waals surface area (Å²) in [5.74, 6) is 0.229. The fourth-order valence-corrected chi connectivity index (χ4v) is 3.04. The lowest BCUT2D eigenvalue weighted by Gasteiger charge is -2.33. The topological polar surface area (TPSA) is 54.0 Å². The molecule has 28 heavy (non-hydrogen) atoms. The van der Waals surface area contributed by atoms with Gasteiger partial charge in [0.25, 0.3) is 0 Å². The molecule has 0 bridgehead atoms. The first-order chi connectivity index (χ1) is 13.5. The van der Waals surface area contributed by atoms with Crippen molar-refractivity contribution in [3.8, 4) is 5.75 Å². The van der Waals surface area contributed by atoms with Gasteiger partial charge in [-0.25, -0.2) is 14.6 Å². The Hall–Kier alpha value is -2.63. The molecular weight excluding hydrogens is 356 g/mol. The van der Waals surface area contributed by atoms with E-state index in [9.17, 15) is 4.79 Å². The van der Waals surface area contributed by atoms with E-state index in [-0.39, 0.29) is 5.57 Å². The summed E-state index contributed by atoms with van der Waals surface area (Å²) < 4.78 is 10.1. The van der Waals surface area contributed by atoms with Crippen molar-refractivity contribution in [2.24, 2.45) is 0 Å². The van der Waals surface area contributed by atoms with E-state index in [0.717, 1.165) is 16.9 Å². The molecule has 0 amide bonds. The van der Waals surface area contributed by atoms with Crippen molar-refractivity contribution < 1.29 is 24.0 Å². The number of rotatable bonds is 10. The predicted molar refractivity (Wildman–Crippen MR) is 108 cm³/mol. The van der Waals surface area contributed by atoms with Gasteiger partial charge in [-0.3, -0.25) is 0 Å². The van der Waals surface area contributed by atoms with Crippen LogP contribution in [0, 0.1) is 0 Å². The number of carbonyl (C=O) groups is 1. The summed E-state index contributed by atoms with van der Waals surface area (Å²) >= 11 is 0. The van der Waals surface area contributed by atoms with Crippen LogP contribution in [0.2, 0.25) is 0 Å². The van der Waals surface area contributed by atoms with Crippen molar-refractivity contribution in [1.82, 2.24) is 0 Å². The first-order valence-corrected chi connectivity index (χ1v) is 9.32. The van der Waals surface area contributed by atoms with E-state index in [0.29, 0.717) is 12.8 Å². The molecule has 0 fully saturated rings. The highest BCUT2D eigenvalue weighted by atomic mass is 17.2. The Kier molecular flexibility index (Phi) is 7.79. The minimum absolute atomic E-state index is 0.171. The van der Waals surface area contributed by atoms with Crippen LogP contribution in [-0.4, -0.2) is 20.2 Å². The third-order valence-corrected chi connectivity index (χ3v) is 4.93. The maximum atomic E-state index is 12.1. The second kappa shape index (κ2) is 10.1. The van der Waals surface area contributed by atoms with Crippen molar-refractivity contribution in [1.29, 1.82) is 0 Å².